The van der Waals surface area contributed by atoms with Crippen molar-refractivity contribution in [2.45, 2.75) is 25.1 Å². The number of hydrogen-bond acceptors (Lipinski definition) is 3. The van der Waals surface area contributed by atoms with Crippen LogP contribution in [-0.2, 0) is 10.9 Å². The number of morpholine rings is 1. The number of benzene rings is 1. The number of alkyl halides is 3. The molecule has 1 aromatic rings. The second kappa shape index (κ2) is 7.24. The van der Waals surface area contributed by atoms with Crippen molar-refractivity contribution in [2.75, 3.05) is 32.8 Å². The minimum atomic E-state index is -4.33. The van der Waals surface area contributed by atoms with Crippen molar-refractivity contribution >= 4 is 0 Å². The summed E-state index contributed by atoms with van der Waals surface area (Å²) < 4.78 is 43.8. The molecule has 118 valence electrons. The molecule has 1 aromatic carbocycles. The van der Waals surface area contributed by atoms with Crippen molar-refractivity contribution in [1.29, 1.82) is 0 Å². The normalized spacial score (nSPS) is 20.7. The van der Waals surface area contributed by atoms with Crippen molar-refractivity contribution in [3.8, 4) is 0 Å². The Bertz CT molecular complexity index is 451. The SMILES string of the molecule is OCCCCN1CCOC(c2cccc(C(F)(F)F)c2)C1. The van der Waals surface area contributed by atoms with Crippen LogP contribution in [0.1, 0.15) is 30.1 Å². The van der Waals surface area contributed by atoms with Gasteiger partial charge in [-0.2, -0.15) is 13.2 Å². The highest BCUT2D eigenvalue weighted by atomic mass is 19.4. The highest BCUT2D eigenvalue weighted by Crippen LogP contribution is 2.32. The Morgan fingerprint density at radius 2 is 2.10 bits per heavy atom. The van der Waals surface area contributed by atoms with Crippen LogP contribution in [0, 0.1) is 0 Å². The van der Waals surface area contributed by atoms with E-state index in [4.69, 9.17) is 9.84 Å². The van der Waals surface area contributed by atoms with Crippen LogP contribution in [0.2, 0.25) is 0 Å². The van der Waals surface area contributed by atoms with Gasteiger partial charge in [0.15, 0.2) is 0 Å². The van der Waals surface area contributed by atoms with Crippen LogP contribution in [0.15, 0.2) is 24.3 Å². The van der Waals surface area contributed by atoms with E-state index >= 15 is 0 Å². The lowest BCUT2D eigenvalue weighted by atomic mass is 10.0. The van der Waals surface area contributed by atoms with Gasteiger partial charge in [-0.1, -0.05) is 12.1 Å². The Hall–Kier alpha value is -1.11. The van der Waals surface area contributed by atoms with Gasteiger partial charge in [0.1, 0.15) is 0 Å². The number of unbranched alkanes of at least 4 members (excludes halogenated alkanes) is 1. The van der Waals surface area contributed by atoms with Gasteiger partial charge >= 0.3 is 6.18 Å². The van der Waals surface area contributed by atoms with Gasteiger partial charge in [-0.3, -0.25) is 4.90 Å². The summed E-state index contributed by atoms with van der Waals surface area (Å²) in [5, 5.41) is 8.78. The summed E-state index contributed by atoms with van der Waals surface area (Å²) >= 11 is 0. The Kier molecular flexibility index (Phi) is 5.61. The molecule has 2 rings (SSSR count). The van der Waals surface area contributed by atoms with E-state index < -0.39 is 11.7 Å². The van der Waals surface area contributed by atoms with E-state index in [1.165, 1.54) is 12.1 Å². The average molecular weight is 303 g/mol. The summed E-state index contributed by atoms with van der Waals surface area (Å²) in [5.41, 5.74) is -0.0716. The lowest BCUT2D eigenvalue weighted by Gasteiger charge is -2.33. The molecule has 1 N–H and O–H groups in total. The summed E-state index contributed by atoms with van der Waals surface area (Å²) in [5.74, 6) is 0. The molecule has 21 heavy (non-hydrogen) atoms. The number of nitrogens with zero attached hydrogens (tertiary/aromatic N) is 1. The van der Waals surface area contributed by atoms with E-state index in [9.17, 15) is 13.2 Å². The number of aliphatic hydroxyl groups is 1. The van der Waals surface area contributed by atoms with E-state index in [0.717, 1.165) is 32.0 Å². The fraction of sp³-hybridized carbons (Fsp3) is 0.600. The monoisotopic (exact) mass is 303 g/mol. The molecule has 1 aliphatic heterocycles. The molecule has 0 bridgehead atoms. The largest absolute Gasteiger partial charge is 0.416 e. The van der Waals surface area contributed by atoms with Gasteiger partial charge in [-0.25, -0.2) is 0 Å². The molecule has 6 heteroatoms. The Morgan fingerprint density at radius 1 is 1.29 bits per heavy atom. The molecule has 0 saturated carbocycles. The Labute approximate surface area is 122 Å². The van der Waals surface area contributed by atoms with Crippen LogP contribution < -0.4 is 0 Å². The first-order valence-electron chi connectivity index (χ1n) is 7.12. The van der Waals surface area contributed by atoms with E-state index in [1.54, 1.807) is 6.07 Å². The fourth-order valence-electron chi connectivity index (χ4n) is 2.47. The molecule has 1 heterocycles. The molecule has 0 amide bonds. The van der Waals surface area contributed by atoms with Gasteiger partial charge in [0.25, 0.3) is 0 Å². The number of hydrogen-bond donors (Lipinski definition) is 1. The predicted molar refractivity (Wildman–Crippen MR) is 72.9 cm³/mol. The van der Waals surface area contributed by atoms with E-state index in [1.807, 2.05) is 0 Å². The zero-order chi connectivity index (χ0) is 15.3. The standard InChI is InChI=1S/C15H20F3NO2/c16-15(17,18)13-5-3-4-12(10-13)14-11-19(7-9-21-14)6-1-2-8-20/h3-5,10,14,20H,1-2,6-9,11H2. The summed E-state index contributed by atoms with van der Waals surface area (Å²) in [6.07, 6.45) is -3.03. The second-order valence-corrected chi connectivity index (χ2v) is 5.21. The molecular formula is C15H20F3NO2. The lowest BCUT2D eigenvalue weighted by Crippen LogP contribution is -2.38. The molecule has 1 saturated heterocycles. The van der Waals surface area contributed by atoms with Crippen LogP contribution in [0.25, 0.3) is 0 Å². The third-order valence-corrected chi connectivity index (χ3v) is 3.62. The second-order valence-electron chi connectivity index (χ2n) is 5.21. The maximum absolute atomic E-state index is 12.7. The van der Waals surface area contributed by atoms with Crippen LogP contribution >= 0.6 is 0 Å². The van der Waals surface area contributed by atoms with Gasteiger partial charge in [0, 0.05) is 19.7 Å². The first-order valence-corrected chi connectivity index (χ1v) is 7.12. The molecule has 0 aromatic heterocycles. The van der Waals surface area contributed by atoms with Gasteiger partial charge in [0.2, 0.25) is 0 Å². The van der Waals surface area contributed by atoms with Gasteiger partial charge in [-0.15, -0.1) is 0 Å². The lowest BCUT2D eigenvalue weighted by molar-refractivity contribution is -0.137. The van der Waals surface area contributed by atoms with Gasteiger partial charge < -0.3 is 9.84 Å². The van der Waals surface area contributed by atoms with Gasteiger partial charge in [0.05, 0.1) is 18.3 Å². The molecule has 0 aliphatic carbocycles. The molecular weight excluding hydrogens is 283 g/mol. The molecule has 1 unspecified atom stereocenters. The van der Waals surface area contributed by atoms with Crippen LogP contribution in [-0.4, -0.2) is 42.9 Å². The van der Waals surface area contributed by atoms with E-state index in [2.05, 4.69) is 4.90 Å². The topological polar surface area (TPSA) is 32.7 Å². The quantitative estimate of drug-likeness (QED) is 0.849. The van der Waals surface area contributed by atoms with Crippen molar-refractivity contribution in [3.63, 3.8) is 0 Å². The zero-order valence-electron chi connectivity index (χ0n) is 11.8. The van der Waals surface area contributed by atoms with Crippen LogP contribution in [0.3, 0.4) is 0 Å². The van der Waals surface area contributed by atoms with Gasteiger partial charge in [-0.05, 0) is 37.1 Å². The number of halogens is 3. The predicted octanol–water partition coefficient (Wildman–Crippen LogP) is 2.85. The third kappa shape index (κ3) is 4.69. The summed E-state index contributed by atoms with van der Waals surface area (Å²) in [7, 11) is 0. The average Bonchev–Trinajstić information content (AvgIpc) is 2.47. The maximum Gasteiger partial charge on any atom is 0.416 e. The van der Waals surface area contributed by atoms with Crippen molar-refractivity contribution < 1.29 is 23.0 Å². The van der Waals surface area contributed by atoms with Crippen molar-refractivity contribution in [3.05, 3.63) is 35.4 Å². The van der Waals surface area contributed by atoms with Crippen molar-refractivity contribution in [2.24, 2.45) is 0 Å². The molecule has 1 aliphatic rings. The summed E-state index contributed by atoms with van der Waals surface area (Å²) in [4.78, 5) is 2.17. The van der Waals surface area contributed by atoms with Crippen LogP contribution in [0.5, 0.6) is 0 Å². The molecule has 0 spiro atoms. The highest BCUT2D eigenvalue weighted by Gasteiger charge is 2.31. The minimum Gasteiger partial charge on any atom is -0.396 e. The molecule has 3 nitrogen and oxygen atoms in total. The highest BCUT2D eigenvalue weighted by molar-refractivity contribution is 5.27. The molecule has 1 atom stereocenters. The Morgan fingerprint density at radius 3 is 2.81 bits per heavy atom. The fourth-order valence-corrected chi connectivity index (χ4v) is 2.47. The molecule has 1 fully saturated rings. The third-order valence-electron chi connectivity index (χ3n) is 3.62. The number of aliphatic hydroxyl groups excluding tert-OH is 1. The van der Waals surface area contributed by atoms with E-state index in [-0.39, 0.29) is 12.7 Å². The summed E-state index contributed by atoms with van der Waals surface area (Å²) in [6.45, 7) is 2.88. The summed E-state index contributed by atoms with van der Waals surface area (Å²) in [6, 6.07) is 5.34. The zero-order valence-corrected chi connectivity index (χ0v) is 11.8. The maximum atomic E-state index is 12.7. The number of ether oxygens (including phenoxy) is 1. The first kappa shape index (κ1) is 16.3. The molecule has 0 radical (unpaired) electrons. The first-order chi connectivity index (χ1) is 10.0. The smallest absolute Gasteiger partial charge is 0.396 e. The van der Waals surface area contributed by atoms with Crippen LogP contribution in [0.4, 0.5) is 13.2 Å². The van der Waals surface area contributed by atoms with Crippen molar-refractivity contribution in [1.82, 2.24) is 4.90 Å². The minimum absolute atomic E-state index is 0.168. The van der Waals surface area contributed by atoms with E-state index in [0.29, 0.717) is 18.7 Å². The Balaban J connectivity index is 2.00. The number of rotatable bonds is 5.